The van der Waals surface area contributed by atoms with Crippen molar-refractivity contribution < 1.29 is 13.2 Å². The zero-order chi connectivity index (χ0) is 18.7. The molecule has 0 spiro atoms. The maximum atomic E-state index is 12.8. The van der Waals surface area contributed by atoms with Crippen LogP contribution in [0, 0.1) is 0 Å². The topological polar surface area (TPSA) is 90.2 Å². The molecule has 9 heteroatoms. The van der Waals surface area contributed by atoms with Crippen LogP contribution in [0.1, 0.15) is 15.9 Å². The Labute approximate surface area is 155 Å². The molecule has 8 nitrogen and oxygen atoms in total. The zero-order valence-corrected chi connectivity index (χ0v) is 16.0. The van der Waals surface area contributed by atoms with E-state index in [1.807, 2.05) is 19.2 Å². The highest BCUT2D eigenvalue weighted by atomic mass is 32.2. The lowest BCUT2D eigenvalue weighted by Crippen LogP contribution is -2.57. The highest BCUT2D eigenvalue weighted by Gasteiger charge is 2.34. The van der Waals surface area contributed by atoms with E-state index in [4.69, 9.17) is 5.73 Å². The Bertz CT molecular complexity index is 721. The van der Waals surface area contributed by atoms with Crippen molar-refractivity contribution in [1.29, 1.82) is 0 Å². The average molecular weight is 382 g/mol. The Balaban J connectivity index is 1.58. The fraction of sp³-hybridized carbons (Fsp3) is 0.588. The maximum absolute atomic E-state index is 12.8. The molecule has 26 heavy (non-hydrogen) atoms. The molecule has 2 fully saturated rings. The van der Waals surface area contributed by atoms with Crippen LogP contribution in [0.4, 0.5) is 0 Å². The lowest BCUT2D eigenvalue weighted by molar-refractivity contribution is 0.0692. The summed E-state index contributed by atoms with van der Waals surface area (Å²) in [4.78, 5) is 16.4. The molecule has 2 saturated heterocycles. The van der Waals surface area contributed by atoms with Gasteiger partial charge in [0.2, 0.25) is 0 Å². The van der Waals surface area contributed by atoms with Crippen LogP contribution in [0.15, 0.2) is 24.3 Å². The van der Waals surface area contributed by atoms with E-state index in [9.17, 15) is 13.2 Å². The molecule has 2 aliphatic rings. The second-order valence-corrected chi connectivity index (χ2v) is 8.73. The molecular formula is C17H27N5O3S. The molecule has 0 radical (unpaired) electrons. The van der Waals surface area contributed by atoms with Crippen molar-refractivity contribution in [2.45, 2.75) is 6.54 Å². The Kier molecular flexibility index (Phi) is 5.93. The third-order valence-corrected chi connectivity index (χ3v) is 7.11. The molecule has 0 atom stereocenters. The van der Waals surface area contributed by atoms with Gasteiger partial charge in [-0.05, 0) is 24.7 Å². The van der Waals surface area contributed by atoms with Gasteiger partial charge in [0.1, 0.15) is 0 Å². The lowest BCUT2D eigenvalue weighted by Gasteiger charge is -2.39. The van der Waals surface area contributed by atoms with Crippen molar-refractivity contribution in [1.82, 2.24) is 18.4 Å². The van der Waals surface area contributed by atoms with E-state index < -0.39 is 10.2 Å². The van der Waals surface area contributed by atoms with Gasteiger partial charge in [-0.2, -0.15) is 17.0 Å². The highest BCUT2D eigenvalue weighted by Crippen LogP contribution is 2.16. The first-order chi connectivity index (χ1) is 12.4. The number of likely N-dealkylation sites (N-methyl/N-ethyl adjacent to an activating group) is 1. The molecule has 0 unspecified atom stereocenters. The van der Waals surface area contributed by atoms with Gasteiger partial charge in [-0.1, -0.05) is 12.1 Å². The monoisotopic (exact) mass is 381 g/mol. The third kappa shape index (κ3) is 4.07. The minimum Gasteiger partial charge on any atom is -0.336 e. The van der Waals surface area contributed by atoms with Crippen LogP contribution in [-0.4, -0.2) is 92.1 Å². The number of rotatable bonds is 4. The Hall–Kier alpha value is -1.52. The summed E-state index contributed by atoms with van der Waals surface area (Å²) in [6, 6.07) is 7.25. The third-order valence-electron chi connectivity index (χ3n) is 5.08. The van der Waals surface area contributed by atoms with Crippen LogP contribution in [0.5, 0.6) is 0 Å². The van der Waals surface area contributed by atoms with E-state index in [-0.39, 0.29) is 5.91 Å². The largest absolute Gasteiger partial charge is 0.336 e. The summed E-state index contributed by atoms with van der Waals surface area (Å²) in [5.41, 5.74) is 7.16. The molecule has 1 amide bonds. The van der Waals surface area contributed by atoms with Gasteiger partial charge in [-0.3, -0.25) is 4.79 Å². The van der Waals surface area contributed by atoms with E-state index in [0.717, 1.165) is 18.7 Å². The molecule has 3 rings (SSSR count). The summed E-state index contributed by atoms with van der Waals surface area (Å²) in [6.45, 7) is 4.46. The van der Waals surface area contributed by atoms with Crippen molar-refractivity contribution in [2.24, 2.45) is 5.73 Å². The Morgan fingerprint density at radius 3 is 1.92 bits per heavy atom. The fourth-order valence-corrected chi connectivity index (χ4v) is 4.85. The number of nitrogens with two attached hydrogens (primary N) is 1. The summed E-state index contributed by atoms with van der Waals surface area (Å²) in [5, 5.41) is 0. The maximum Gasteiger partial charge on any atom is 0.282 e. The van der Waals surface area contributed by atoms with Crippen molar-refractivity contribution in [2.75, 3.05) is 59.4 Å². The summed E-state index contributed by atoms with van der Waals surface area (Å²) in [7, 11) is -1.45. The summed E-state index contributed by atoms with van der Waals surface area (Å²) in [6.07, 6.45) is 0. The van der Waals surface area contributed by atoms with Crippen LogP contribution in [-0.2, 0) is 16.8 Å². The number of hydrogen-bond donors (Lipinski definition) is 1. The quantitative estimate of drug-likeness (QED) is 0.752. The molecule has 2 aliphatic heterocycles. The number of amides is 1. The molecule has 2 heterocycles. The Morgan fingerprint density at radius 2 is 1.42 bits per heavy atom. The van der Waals surface area contributed by atoms with Crippen LogP contribution in [0.3, 0.4) is 0 Å². The van der Waals surface area contributed by atoms with Gasteiger partial charge in [-0.15, -0.1) is 0 Å². The van der Waals surface area contributed by atoms with Crippen molar-refractivity contribution in [3.63, 3.8) is 0 Å². The molecule has 144 valence electrons. The van der Waals surface area contributed by atoms with Gasteiger partial charge in [0.15, 0.2) is 0 Å². The zero-order valence-electron chi connectivity index (χ0n) is 15.2. The number of benzene rings is 1. The fourth-order valence-electron chi connectivity index (χ4n) is 3.27. The van der Waals surface area contributed by atoms with Crippen molar-refractivity contribution in [3.8, 4) is 0 Å². The number of hydrogen-bond acceptors (Lipinski definition) is 5. The molecular weight excluding hydrogens is 354 g/mol. The van der Waals surface area contributed by atoms with E-state index in [1.54, 1.807) is 21.3 Å². The lowest BCUT2D eigenvalue weighted by atomic mass is 10.1. The van der Waals surface area contributed by atoms with Gasteiger partial charge in [0.25, 0.3) is 16.1 Å². The van der Waals surface area contributed by atoms with Crippen LogP contribution < -0.4 is 5.73 Å². The highest BCUT2D eigenvalue weighted by molar-refractivity contribution is 7.86. The van der Waals surface area contributed by atoms with Gasteiger partial charge in [0.05, 0.1) is 0 Å². The summed E-state index contributed by atoms with van der Waals surface area (Å²) in [5.74, 6) is -0.0646. The summed E-state index contributed by atoms with van der Waals surface area (Å²) >= 11 is 0. The standard InChI is InChI=1S/C17H27N5O3S/c1-19-6-10-21(11-7-19)26(24,25)22-12-8-20(9-13-22)17(23)16-4-2-15(14-18)3-5-16/h2-5H,6-14,18H2,1H3. The first-order valence-corrected chi connectivity index (χ1v) is 10.3. The van der Waals surface area contributed by atoms with Crippen molar-refractivity contribution in [3.05, 3.63) is 35.4 Å². The van der Waals surface area contributed by atoms with Crippen LogP contribution in [0.2, 0.25) is 0 Å². The van der Waals surface area contributed by atoms with Crippen LogP contribution >= 0.6 is 0 Å². The Morgan fingerprint density at radius 1 is 0.923 bits per heavy atom. The van der Waals surface area contributed by atoms with E-state index >= 15 is 0 Å². The molecule has 2 N–H and O–H groups in total. The number of nitrogens with zero attached hydrogens (tertiary/aromatic N) is 4. The van der Waals surface area contributed by atoms with E-state index in [2.05, 4.69) is 4.90 Å². The predicted octanol–water partition coefficient (Wildman–Crippen LogP) is -0.605. The SMILES string of the molecule is CN1CCN(S(=O)(=O)N2CCN(C(=O)c3ccc(CN)cc3)CC2)CC1. The molecule has 1 aromatic carbocycles. The first kappa shape index (κ1) is 19.2. The normalized spacial score (nSPS) is 21.1. The minimum absolute atomic E-state index is 0.0646. The second-order valence-electron chi connectivity index (χ2n) is 6.80. The van der Waals surface area contributed by atoms with Gasteiger partial charge < -0.3 is 15.5 Å². The van der Waals surface area contributed by atoms with Gasteiger partial charge in [0, 0.05) is 64.5 Å². The average Bonchev–Trinajstić information content (AvgIpc) is 2.68. The second kappa shape index (κ2) is 8.01. The number of carbonyl (C=O) groups is 1. The summed E-state index contributed by atoms with van der Waals surface area (Å²) < 4.78 is 28.6. The minimum atomic E-state index is -3.44. The van der Waals surface area contributed by atoms with Gasteiger partial charge in [-0.25, -0.2) is 0 Å². The molecule has 0 bridgehead atoms. The van der Waals surface area contributed by atoms with Crippen LogP contribution in [0.25, 0.3) is 0 Å². The van der Waals surface area contributed by atoms with Gasteiger partial charge >= 0.3 is 0 Å². The molecule has 0 aromatic heterocycles. The first-order valence-electron chi connectivity index (χ1n) is 8.94. The molecule has 0 saturated carbocycles. The predicted molar refractivity (Wildman–Crippen MR) is 99.8 cm³/mol. The smallest absolute Gasteiger partial charge is 0.282 e. The number of piperazine rings is 2. The number of carbonyl (C=O) groups excluding carboxylic acids is 1. The van der Waals surface area contributed by atoms with E-state index in [1.165, 1.54) is 4.31 Å². The molecule has 1 aromatic rings. The van der Waals surface area contributed by atoms with Crippen molar-refractivity contribution >= 4 is 16.1 Å². The van der Waals surface area contributed by atoms with E-state index in [0.29, 0.717) is 51.4 Å². The molecule has 0 aliphatic carbocycles.